The van der Waals surface area contributed by atoms with Crippen LogP contribution in [0.2, 0.25) is 0 Å². The van der Waals surface area contributed by atoms with Gasteiger partial charge in [0.1, 0.15) is 12.7 Å². The van der Waals surface area contributed by atoms with Crippen molar-refractivity contribution in [1.29, 1.82) is 0 Å². The molecule has 0 aromatic rings. The highest BCUT2D eigenvalue weighted by Crippen LogP contribution is 2.43. The Morgan fingerprint density at radius 2 is 1.22 bits per heavy atom. The Hall–Kier alpha value is -1.67. The lowest BCUT2D eigenvalue weighted by Gasteiger charge is -2.21. The van der Waals surface area contributed by atoms with E-state index in [1.54, 1.807) is 6.08 Å². The molecule has 8 atom stereocenters. The van der Waals surface area contributed by atoms with E-state index in [1.165, 1.54) is 64.2 Å². The van der Waals surface area contributed by atoms with Crippen molar-refractivity contribution in [1.82, 2.24) is 0 Å². The van der Waals surface area contributed by atoms with Crippen molar-refractivity contribution in [3.05, 3.63) is 24.3 Å². The number of aliphatic hydroxyl groups excluding tert-OH is 5. The summed E-state index contributed by atoms with van der Waals surface area (Å²) in [6.45, 7) is 2.04. The van der Waals surface area contributed by atoms with Crippen molar-refractivity contribution in [2.24, 2.45) is 11.8 Å². The number of phosphoric ester groups is 1. The normalized spacial score (nSPS) is 20.7. The van der Waals surface area contributed by atoms with Gasteiger partial charge in [-0.1, -0.05) is 141 Å². The summed E-state index contributed by atoms with van der Waals surface area (Å²) < 4.78 is 32.8. The van der Waals surface area contributed by atoms with Crippen LogP contribution < -0.4 is 0 Å². The number of unbranched alkanes of at least 4 members (excludes halogenated alkanes) is 18. The molecular weight excluding hydrogens is 791 g/mol. The Morgan fingerprint density at radius 3 is 1.83 bits per heavy atom. The first-order chi connectivity index (χ1) is 28.9. The maximum Gasteiger partial charge on any atom is 0.472 e. The van der Waals surface area contributed by atoms with Crippen LogP contribution in [0, 0.1) is 11.8 Å². The lowest BCUT2D eigenvalue weighted by atomic mass is 9.88. The van der Waals surface area contributed by atoms with Crippen molar-refractivity contribution in [2.45, 2.75) is 218 Å². The summed E-state index contributed by atoms with van der Waals surface area (Å²) in [6.07, 6.45) is 29.1. The number of phosphoric acid groups is 1. The van der Waals surface area contributed by atoms with Crippen LogP contribution >= 0.6 is 7.82 Å². The average Bonchev–Trinajstić information content (AvgIpc) is 3.49. The monoisotopic (exact) mass is 877 g/mol. The van der Waals surface area contributed by atoms with E-state index in [1.807, 2.05) is 6.08 Å². The molecule has 0 heterocycles. The first-order valence-electron chi connectivity index (χ1n) is 23.6. The number of esters is 2. The lowest BCUT2D eigenvalue weighted by Crippen LogP contribution is -2.29. The molecule has 0 amide bonds. The minimum absolute atomic E-state index is 0.0580. The van der Waals surface area contributed by atoms with Gasteiger partial charge in [0.25, 0.3) is 0 Å². The van der Waals surface area contributed by atoms with E-state index in [-0.39, 0.29) is 31.3 Å². The third-order valence-corrected chi connectivity index (χ3v) is 12.1. The first kappa shape index (κ1) is 56.3. The fourth-order valence-electron chi connectivity index (χ4n) is 7.50. The summed E-state index contributed by atoms with van der Waals surface area (Å²) in [5.41, 5.74) is 0. The van der Waals surface area contributed by atoms with Crippen molar-refractivity contribution in [3.63, 3.8) is 0 Å². The number of hydrogen-bond donors (Lipinski definition) is 6. The molecule has 0 saturated heterocycles. The standard InChI is InChI=1S/C46H85O13P/c1-3-5-7-8-9-10-11-12-13-14-15-16-17-18-19-20-25-29-45(52)56-36-40(37-58-60(54,55)57-35-39(49)34-47)59-46(53)30-26-22-21-24-28-41-42(44(51)33-43(41)50)32-31-38(48)27-23-6-4-2/h12-13,31-32,38-44,47-51H,3-11,14-30,33-37H2,1-2H3,(H,54,55)/b13-12-,32-31+/t38-,39-,40+,41+,42+,43-,44+/m0/s1. The second-order valence-corrected chi connectivity index (χ2v) is 18.2. The molecule has 0 radical (unpaired) electrons. The predicted octanol–water partition coefficient (Wildman–Crippen LogP) is 8.94. The highest BCUT2D eigenvalue weighted by atomic mass is 31.2. The van der Waals surface area contributed by atoms with Crippen LogP contribution in [0.1, 0.15) is 187 Å². The fourth-order valence-corrected chi connectivity index (χ4v) is 8.29. The second-order valence-electron chi connectivity index (χ2n) is 16.7. The maximum atomic E-state index is 12.8. The molecule has 1 unspecified atom stereocenters. The summed E-state index contributed by atoms with van der Waals surface area (Å²) in [7, 11) is -4.68. The van der Waals surface area contributed by atoms with Crippen molar-refractivity contribution < 1.29 is 63.1 Å². The van der Waals surface area contributed by atoms with Crippen LogP contribution in [0.3, 0.4) is 0 Å². The van der Waals surface area contributed by atoms with E-state index >= 15 is 0 Å². The van der Waals surface area contributed by atoms with Gasteiger partial charge in [-0.15, -0.1) is 0 Å². The number of hydrogen-bond acceptors (Lipinski definition) is 12. The van der Waals surface area contributed by atoms with E-state index in [2.05, 4.69) is 30.5 Å². The van der Waals surface area contributed by atoms with Gasteiger partial charge in [-0.05, 0) is 57.3 Å². The maximum absolute atomic E-state index is 12.8. The smallest absolute Gasteiger partial charge is 0.462 e. The quantitative estimate of drug-likeness (QED) is 0.0147. The van der Waals surface area contributed by atoms with Gasteiger partial charge in [-0.3, -0.25) is 18.6 Å². The molecule has 14 heteroatoms. The summed E-state index contributed by atoms with van der Waals surface area (Å²) in [5, 5.41) is 49.8. The zero-order valence-corrected chi connectivity index (χ0v) is 38.2. The molecule has 0 spiro atoms. The van der Waals surface area contributed by atoms with Gasteiger partial charge in [-0.25, -0.2) is 4.57 Å². The molecule has 60 heavy (non-hydrogen) atoms. The minimum atomic E-state index is -4.68. The van der Waals surface area contributed by atoms with E-state index in [0.717, 1.165) is 57.8 Å². The van der Waals surface area contributed by atoms with Crippen molar-refractivity contribution >= 4 is 19.8 Å². The summed E-state index contributed by atoms with van der Waals surface area (Å²) >= 11 is 0. The molecule has 0 aliphatic heterocycles. The van der Waals surface area contributed by atoms with Crippen LogP contribution in [-0.4, -0.2) is 99.3 Å². The highest BCUT2D eigenvalue weighted by Gasteiger charge is 2.39. The molecule has 0 aromatic carbocycles. The largest absolute Gasteiger partial charge is 0.472 e. The zero-order valence-electron chi connectivity index (χ0n) is 37.3. The van der Waals surface area contributed by atoms with Crippen LogP contribution in [0.4, 0.5) is 0 Å². The topological polar surface area (TPSA) is 210 Å². The first-order valence-corrected chi connectivity index (χ1v) is 25.0. The van der Waals surface area contributed by atoms with Gasteiger partial charge in [0.2, 0.25) is 0 Å². The molecular formula is C46H85O13P. The number of rotatable bonds is 40. The third kappa shape index (κ3) is 30.4. The highest BCUT2D eigenvalue weighted by molar-refractivity contribution is 7.47. The van der Waals surface area contributed by atoms with Gasteiger partial charge in [-0.2, -0.15) is 0 Å². The average molecular weight is 877 g/mol. The number of carbonyl (C=O) groups excluding carboxylic acids is 2. The van der Waals surface area contributed by atoms with Crippen LogP contribution in [-0.2, 0) is 32.7 Å². The SMILES string of the molecule is CCCCCCCC/C=C\CCCCCCCCCC(=O)OC[C@H](COP(=O)(O)OC[C@@H](O)CO)OC(=O)CCCCCC[C@@H]1[C@@H](/C=C/[C@@H](O)CCCCC)[C@H](O)C[C@@H]1O. The van der Waals surface area contributed by atoms with Gasteiger partial charge in [0.15, 0.2) is 6.10 Å². The third-order valence-electron chi connectivity index (χ3n) is 11.2. The Bertz CT molecular complexity index is 1170. The molecule has 1 fully saturated rings. The number of ether oxygens (including phenoxy) is 2. The molecule has 6 N–H and O–H groups in total. The number of allylic oxidation sites excluding steroid dienone is 2. The summed E-state index contributed by atoms with van der Waals surface area (Å²) in [4.78, 5) is 35.3. The molecule has 1 rings (SSSR count). The molecule has 1 saturated carbocycles. The minimum Gasteiger partial charge on any atom is -0.462 e. The van der Waals surface area contributed by atoms with E-state index in [9.17, 15) is 39.5 Å². The second kappa shape index (κ2) is 36.8. The van der Waals surface area contributed by atoms with Gasteiger partial charge < -0.3 is 39.9 Å². The Morgan fingerprint density at radius 1 is 0.683 bits per heavy atom. The Labute approximate surface area is 362 Å². The predicted molar refractivity (Wildman–Crippen MR) is 235 cm³/mol. The molecule has 0 bridgehead atoms. The van der Waals surface area contributed by atoms with Crippen LogP contribution in [0.15, 0.2) is 24.3 Å². The Kier molecular flexibility index (Phi) is 34.5. The fraction of sp³-hybridized carbons (Fsp3) is 0.870. The molecule has 352 valence electrons. The Balaban J connectivity index is 2.41. The zero-order chi connectivity index (χ0) is 44.3. The summed E-state index contributed by atoms with van der Waals surface area (Å²) in [5.74, 6) is -1.40. The molecule has 1 aliphatic rings. The molecule has 0 aromatic heterocycles. The van der Waals surface area contributed by atoms with E-state index < -0.39 is 70.1 Å². The summed E-state index contributed by atoms with van der Waals surface area (Å²) in [6, 6.07) is 0. The van der Waals surface area contributed by atoms with Crippen LogP contribution in [0.25, 0.3) is 0 Å². The van der Waals surface area contributed by atoms with Crippen LogP contribution in [0.5, 0.6) is 0 Å². The lowest BCUT2D eigenvalue weighted by molar-refractivity contribution is -0.161. The number of carbonyl (C=O) groups is 2. The molecule has 13 nitrogen and oxygen atoms in total. The van der Waals surface area contributed by atoms with Crippen molar-refractivity contribution in [2.75, 3.05) is 26.4 Å². The van der Waals surface area contributed by atoms with Gasteiger partial charge in [0.05, 0.1) is 38.1 Å². The van der Waals surface area contributed by atoms with Gasteiger partial charge in [0, 0.05) is 25.2 Å². The molecule has 1 aliphatic carbocycles. The van der Waals surface area contributed by atoms with E-state index in [0.29, 0.717) is 38.5 Å². The van der Waals surface area contributed by atoms with Crippen molar-refractivity contribution in [3.8, 4) is 0 Å². The number of aliphatic hydroxyl groups is 5. The van der Waals surface area contributed by atoms with Gasteiger partial charge >= 0.3 is 19.8 Å². The van der Waals surface area contributed by atoms with E-state index in [4.69, 9.17) is 19.1 Å².